The number of carbonyl (C=O) groups excluding carboxylic acids is 1. The lowest BCUT2D eigenvalue weighted by molar-refractivity contribution is 0.0996. The Morgan fingerprint density at radius 2 is 1.74 bits per heavy atom. The fraction of sp³-hybridized carbons (Fsp3) is 0.0476. The Balaban J connectivity index is 1.44. The molecule has 0 saturated heterocycles. The van der Waals surface area contributed by atoms with Gasteiger partial charge in [-0.25, -0.2) is 4.98 Å². The summed E-state index contributed by atoms with van der Waals surface area (Å²) in [5.41, 5.74) is 4.81. The Hall–Kier alpha value is -3.38. The smallest absolute Gasteiger partial charge is 0.291 e. The number of nitrogens with zero attached hydrogens (tertiary/aromatic N) is 1. The maximum atomic E-state index is 12.0. The first-order valence-electron chi connectivity index (χ1n) is 8.42. The largest absolute Gasteiger partial charge is 0.459 e. The predicted octanol–water partition coefficient (Wildman–Crippen LogP) is 5.71. The van der Waals surface area contributed by atoms with Crippen LogP contribution in [0.2, 0.25) is 0 Å². The first-order valence-corrected chi connectivity index (χ1v) is 9.30. The molecule has 2 aromatic heterocycles. The van der Waals surface area contributed by atoms with Crippen LogP contribution in [0.15, 0.2) is 76.7 Å². The summed E-state index contributed by atoms with van der Waals surface area (Å²) in [5, 5.41) is 8.96. The van der Waals surface area contributed by atoms with Crippen molar-refractivity contribution in [3.63, 3.8) is 0 Å². The number of furan rings is 1. The van der Waals surface area contributed by atoms with Crippen molar-refractivity contribution in [1.29, 1.82) is 0 Å². The second kappa shape index (κ2) is 7.47. The van der Waals surface area contributed by atoms with Gasteiger partial charge in [-0.1, -0.05) is 29.8 Å². The van der Waals surface area contributed by atoms with E-state index in [0.717, 1.165) is 22.1 Å². The summed E-state index contributed by atoms with van der Waals surface area (Å²) in [5.74, 6) is 0.0105. The van der Waals surface area contributed by atoms with Crippen LogP contribution in [-0.4, -0.2) is 10.9 Å². The minimum Gasteiger partial charge on any atom is -0.459 e. The molecule has 0 bridgehead atoms. The van der Waals surface area contributed by atoms with Gasteiger partial charge in [-0.2, -0.15) is 0 Å². The summed E-state index contributed by atoms with van der Waals surface area (Å²) >= 11 is 1.55. The summed E-state index contributed by atoms with van der Waals surface area (Å²) in [6, 6.07) is 19.1. The molecular weight excluding hydrogens is 358 g/mol. The van der Waals surface area contributed by atoms with Crippen LogP contribution in [0.4, 0.5) is 16.5 Å². The number of carbonyl (C=O) groups is 1. The van der Waals surface area contributed by atoms with Crippen LogP contribution in [-0.2, 0) is 0 Å². The van der Waals surface area contributed by atoms with Crippen molar-refractivity contribution in [3.05, 3.63) is 83.6 Å². The number of thiazole rings is 1. The maximum absolute atomic E-state index is 12.0. The summed E-state index contributed by atoms with van der Waals surface area (Å²) in [7, 11) is 0. The Kier molecular flexibility index (Phi) is 4.72. The van der Waals surface area contributed by atoms with Crippen LogP contribution in [0.25, 0.3) is 11.3 Å². The third kappa shape index (κ3) is 4.07. The molecule has 6 heteroatoms. The molecule has 0 atom stereocenters. The highest BCUT2D eigenvalue weighted by atomic mass is 32.1. The van der Waals surface area contributed by atoms with Gasteiger partial charge in [0.25, 0.3) is 5.91 Å². The zero-order valence-electron chi connectivity index (χ0n) is 14.6. The van der Waals surface area contributed by atoms with Crippen LogP contribution < -0.4 is 10.6 Å². The monoisotopic (exact) mass is 375 g/mol. The molecular formula is C21H17N3O2S. The molecule has 0 radical (unpaired) electrons. The first-order chi connectivity index (χ1) is 13.2. The van der Waals surface area contributed by atoms with Crippen molar-refractivity contribution in [2.24, 2.45) is 0 Å². The fourth-order valence-electron chi connectivity index (χ4n) is 2.55. The maximum Gasteiger partial charge on any atom is 0.291 e. The minimum absolute atomic E-state index is 0.272. The van der Waals surface area contributed by atoms with Crippen molar-refractivity contribution in [2.75, 3.05) is 10.6 Å². The molecule has 27 heavy (non-hydrogen) atoms. The first kappa shape index (κ1) is 17.1. The van der Waals surface area contributed by atoms with Crippen molar-refractivity contribution in [2.45, 2.75) is 6.92 Å². The Morgan fingerprint density at radius 3 is 2.44 bits per heavy atom. The zero-order chi connectivity index (χ0) is 18.6. The summed E-state index contributed by atoms with van der Waals surface area (Å²) in [6.45, 7) is 2.06. The minimum atomic E-state index is -0.272. The van der Waals surface area contributed by atoms with E-state index in [9.17, 15) is 4.79 Å². The van der Waals surface area contributed by atoms with Crippen LogP contribution in [0.1, 0.15) is 16.1 Å². The van der Waals surface area contributed by atoms with E-state index in [1.807, 2.05) is 41.8 Å². The number of aryl methyl sites for hydroxylation is 1. The van der Waals surface area contributed by atoms with Gasteiger partial charge in [0, 0.05) is 22.3 Å². The topological polar surface area (TPSA) is 67.2 Å². The summed E-state index contributed by atoms with van der Waals surface area (Å²) < 4.78 is 5.09. The fourth-order valence-corrected chi connectivity index (χ4v) is 3.29. The van der Waals surface area contributed by atoms with Crippen LogP contribution in [0.3, 0.4) is 0 Å². The third-order valence-electron chi connectivity index (χ3n) is 3.99. The quantitative estimate of drug-likeness (QED) is 0.469. The molecule has 1 amide bonds. The van der Waals surface area contributed by atoms with Crippen molar-refractivity contribution in [3.8, 4) is 11.3 Å². The molecule has 4 aromatic rings. The number of amides is 1. The molecule has 2 aromatic carbocycles. The Bertz CT molecular complexity index is 1040. The highest BCUT2D eigenvalue weighted by molar-refractivity contribution is 7.14. The van der Waals surface area contributed by atoms with Gasteiger partial charge in [-0.3, -0.25) is 4.79 Å². The van der Waals surface area contributed by atoms with Crippen LogP contribution in [0, 0.1) is 6.92 Å². The molecule has 0 spiro atoms. The molecule has 0 aliphatic rings. The van der Waals surface area contributed by atoms with Gasteiger partial charge in [-0.05, 0) is 43.3 Å². The average molecular weight is 375 g/mol. The molecule has 0 unspecified atom stereocenters. The number of hydrogen-bond donors (Lipinski definition) is 2. The molecule has 5 nitrogen and oxygen atoms in total. The van der Waals surface area contributed by atoms with Crippen LogP contribution >= 0.6 is 11.3 Å². The van der Waals surface area contributed by atoms with E-state index in [2.05, 4.69) is 34.7 Å². The molecule has 2 heterocycles. The number of anilines is 3. The lowest BCUT2D eigenvalue weighted by atomic mass is 10.1. The molecule has 0 aliphatic carbocycles. The van der Waals surface area contributed by atoms with Crippen molar-refractivity contribution < 1.29 is 9.21 Å². The summed E-state index contributed by atoms with van der Waals surface area (Å²) in [6.07, 6.45) is 1.47. The van der Waals surface area contributed by atoms with E-state index in [0.29, 0.717) is 5.69 Å². The Morgan fingerprint density at radius 1 is 1.00 bits per heavy atom. The Labute approximate surface area is 160 Å². The zero-order valence-corrected chi connectivity index (χ0v) is 15.4. The van der Waals surface area contributed by atoms with Gasteiger partial charge in [0.15, 0.2) is 10.9 Å². The molecule has 4 rings (SSSR count). The lowest BCUT2D eigenvalue weighted by Gasteiger charge is -2.04. The molecule has 0 saturated carbocycles. The van der Waals surface area contributed by atoms with E-state index >= 15 is 0 Å². The normalized spacial score (nSPS) is 10.6. The SMILES string of the molecule is Cc1ccc(Nc2nc(-c3ccc(NC(=O)c4ccco4)cc3)cs2)cc1. The molecule has 0 fully saturated rings. The van der Waals surface area contributed by atoms with E-state index < -0.39 is 0 Å². The van der Waals surface area contributed by atoms with E-state index in [1.54, 1.807) is 23.5 Å². The average Bonchev–Trinajstić information content (AvgIpc) is 3.36. The van der Waals surface area contributed by atoms with Gasteiger partial charge in [0.05, 0.1) is 12.0 Å². The second-order valence-corrected chi connectivity index (χ2v) is 6.90. The summed E-state index contributed by atoms with van der Waals surface area (Å²) in [4.78, 5) is 16.6. The predicted molar refractivity (Wildman–Crippen MR) is 109 cm³/mol. The number of benzene rings is 2. The third-order valence-corrected chi connectivity index (χ3v) is 4.75. The van der Waals surface area contributed by atoms with Crippen molar-refractivity contribution >= 4 is 33.8 Å². The van der Waals surface area contributed by atoms with Crippen LogP contribution in [0.5, 0.6) is 0 Å². The molecule has 2 N–H and O–H groups in total. The standard InChI is InChI=1S/C21H17N3O2S/c1-14-4-8-17(9-5-14)23-21-24-18(13-27-21)15-6-10-16(11-7-15)22-20(25)19-3-2-12-26-19/h2-13H,1H3,(H,22,25)(H,23,24). The number of aromatic nitrogens is 1. The van der Waals surface area contributed by atoms with Gasteiger partial charge in [-0.15, -0.1) is 11.3 Å². The lowest BCUT2D eigenvalue weighted by Crippen LogP contribution is -2.10. The highest BCUT2D eigenvalue weighted by Gasteiger charge is 2.09. The van der Waals surface area contributed by atoms with Gasteiger partial charge < -0.3 is 15.1 Å². The van der Waals surface area contributed by atoms with Gasteiger partial charge in [0.2, 0.25) is 0 Å². The second-order valence-electron chi connectivity index (χ2n) is 6.04. The van der Waals surface area contributed by atoms with Crippen molar-refractivity contribution in [1.82, 2.24) is 4.98 Å². The number of nitrogens with one attached hydrogen (secondary N) is 2. The van der Waals surface area contributed by atoms with E-state index in [-0.39, 0.29) is 11.7 Å². The highest BCUT2D eigenvalue weighted by Crippen LogP contribution is 2.28. The van der Waals surface area contributed by atoms with Gasteiger partial charge in [0.1, 0.15) is 0 Å². The molecule has 0 aliphatic heterocycles. The number of rotatable bonds is 5. The van der Waals surface area contributed by atoms with Gasteiger partial charge >= 0.3 is 0 Å². The van der Waals surface area contributed by atoms with E-state index in [1.165, 1.54) is 11.8 Å². The molecule has 134 valence electrons. The number of hydrogen-bond acceptors (Lipinski definition) is 5. The van der Waals surface area contributed by atoms with E-state index in [4.69, 9.17) is 4.42 Å².